The predicted molar refractivity (Wildman–Crippen MR) is 57.8 cm³/mol. The average Bonchev–Trinajstić information content (AvgIpc) is 2.13. The van der Waals surface area contributed by atoms with Gasteiger partial charge in [-0.15, -0.1) is 0 Å². The molecule has 0 rings (SSSR count). The van der Waals surface area contributed by atoms with Crippen LogP contribution in [-0.2, 0) is 4.79 Å². The van der Waals surface area contributed by atoms with Crippen LogP contribution in [-0.4, -0.2) is 6.29 Å². The Morgan fingerprint density at radius 1 is 1.15 bits per heavy atom. The van der Waals surface area contributed by atoms with Crippen LogP contribution in [0.5, 0.6) is 0 Å². The fourth-order valence-corrected chi connectivity index (χ4v) is 1.73. The van der Waals surface area contributed by atoms with Gasteiger partial charge in [-0.25, -0.2) is 0 Å². The molecule has 0 bridgehead atoms. The van der Waals surface area contributed by atoms with Crippen LogP contribution in [0.4, 0.5) is 0 Å². The third kappa shape index (κ3) is 6.80. The standard InChI is InChI=1S/C12H24O/c1-4-12(5-2)8-6-7-11(3)9-10-13/h10-12H,4-9H2,1-3H3. The molecule has 0 amide bonds. The van der Waals surface area contributed by atoms with Crippen LogP contribution >= 0.6 is 0 Å². The van der Waals surface area contributed by atoms with Gasteiger partial charge in [0.25, 0.3) is 0 Å². The lowest BCUT2D eigenvalue weighted by Gasteiger charge is -2.13. The lowest BCUT2D eigenvalue weighted by Crippen LogP contribution is -2.00. The number of carbonyl (C=O) groups is 1. The molecular weight excluding hydrogens is 160 g/mol. The number of hydrogen-bond acceptors (Lipinski definition) is 1. The van der Waals surface area contributed by atoms with Gasteiger partial charge in [0.1, 0.15) is 6.29 Å². The molecule has 0 N–H and O–H groups in total. The lowest BCUT2D eigenvalue weighted by atomic mass is 9.93. The van der Waals surface area contributed by atoms with Crippen molar-refractivity contribution in [3.8, 4) is 0 Å². The highest BCUT2D eigenvalue weighted by Crippen LogP contribution is 2.19. The molecule has 0 radical (unpaired) electrons. The quantitative estimate of drug-likeness (QED) is 0.524. The van der Waals surface area contributed by atoms with Crippen LogP contribution in [0.1, 0.15) is 59.3 Å². The van der Waals surface area contributed by atoms with Crippen molar-refractivity contribution < 1.29 is 4.79 Å². The van der Waals surface area contributed by atoms with Gasteiger partial charge in [0.05, 0.1) is 0 Å². The second kappa shape index (κ2) is 8.28. The smallest absolute Gasteiger partial charge is 0.120 e. The van der Waals surface area contributed by atoms with E-state index in [2.05, 4.69) is 20.8 Å². The van der Waals surface area contributed by atoms with Crippen LogP contribution in [0, 0.1) is 11.8 Å². The molecule has 0 heterocycles. The van der Waals surface area contributed by atoms with Gasteiger partial charge in [0.2, 0.25) is 0 Å². The first kappa shape index (κ1) is 12.7. The van der Waals surface area contributed by atoms with Crippen molar-refractivity contribution in [1.82, 2.24) is 0 Å². The zero-order chi connectivity index (χ0) is 10.1. The van der Waals surface area contributed by atoms with Crippen molar-refractivity contribution in [2.75, 3.05) is 0 Å². The summed E-state index contributed by atoms with van der Waals surface area (Å²) in [4.78, 5) is 10.2. The Bertz CT molecular complexity index is 116. The van der Waals surface area contributed by atoms with E-state index in [1.165, 1.54) is 32.1 Å². The highest BCUT2D eigenvalue weighted by molar-refractivity contribution is 5.49. The summed E-state index contributed by atoms with van der Waals surface area (Å²) in [6, 6.07) is 0. The molecule has 0 saturated carbocycles. The van der Waals surface area contributed by atoms with E-state index in [0.29, 0.717) is 5.92 Å². The topological polar surface area (TPSA) is 17.1 Å². The van der Waals surface area contributed by atoms with E-state index >= 15 is 0 Å². The number of aldehydes is 1. The van der Waals surface area contributed by atoms with Crippen LogP contribution in [0.2, 0.25) is 0 Å². The molecule has 0 aromatic heterocycles. The van der Waals surface area contributed by atoms with Crippen molar-refractivity contribution in [3.63, 3.8) is 0 Å². The third-order valence-electron chi connectivity index (χ3n) is 2.96. The van der Waals surface area contributed by atoms with Crippen molar-refractivity contribution in [2.24, 2.45) is 11.8 Å². The molecule has 0 aromatic rings. The Morgan fingerprint density at radius 2 is 1.77 bits per heavy atom. The SMILES string of the molecule is CCC(CC)CCCC(C)CC=O. The van der Waals surface area contributed by atoms with Gasteiger partial charge in [-0.05, 0) is 11.8 Å². The molecule has 0 aliphatic rings. The molecule has 78 valence electrons. The molecule has 13 heavy (non-hydrogen) atoms. The van der Waals surface area contributed by atoms with Gasteiger partial charge < -0.3 is 4.79 Å². The van der Waals surface area contributed by atoms with E-state index in [9.17, 15) is 4.79 Å². The molecule has 1 heteroatoms. The highest BCUT2D eigenvalue weighted by Gasteiger charge is 2.05. The Morgan fingerprint density at radius 3 is 2.23 bits per heavy atom. The Labute approximate surface area is 82.9 Å². The van der Waals surface area contributed by atoms with Crippen molar-refractivity contribution in [1.29, 1.82) is 0 Å². The predicted octanol–water partition coefficient (Wildman–Crippen LogP) is 3.82. The molecule has 1 atom stereocenters. The Balaban J connectivity index is 3.36. The van der Waals surface area contributed by atoms with E-state index < -0.39 is 0 Å². The summed E-state index contributed by atoms with van der Waals surface area (Å²) in [6.45, 7) is 6.70. The lowest BCUT2D eigenvalue weighted by molar-refractivity contribution is -0.108. The molecule has 0 saturated heterocycles. The summed E-state index contributed by atoms with van der Waals surface area (Å²) in [5.74, 6) is 1.50. The molecule has 0 fully saturated rings. The first-order valence-electron chi connectivity index (χ1n) is 5.68. The molecule has 0 spiro atoms. The Kier molecular flexibility index (Phi) is 8.07. The van der Waals surface area contributed by atoms with E-state index in [0.717, 1.165) is 18.6 Å². The molecule has 0 aliphatic carbocycles. The normalized spacial score (nSPS) is 13.2. The second-order valence-corrected chi connectivity index (χ2v) is 4.12. The maximum absolute atomic E-state index is 10.2. The van der Waals surface area contributed by atoms with E-state index in [-0.39, 0.29) is 0 Å². The number of carbonyl (C=O) groups excluding carboxylic acids is 1. The van der Waals surface area contributed by atoms with Gasteiger partial charge in [0, 0.05) is 6.42 Å². The second-order valence-electron chi connectivity index (χ2n) is 4.12. The summed E-state index contributed by atoms with van der Waals surface area (Å²) in [5, 5.41) is 0. The highest BCUT2D eigenvalue weighted by atomic mass is 16.1. The third-order valence-corrected chi connectivity index (χ3v) is 2.96. The zero-order valence-corrected chi connectivity index (χ0v) is 9.38. The molecule has 0 aromatic carbocycles. The molecule has 1 unspecified atom stereocenters. The fraction of sp³-hybridized carbons (Fsp3) is 0.917. The van der Waals surface area contributed by atoms with Gasteiger partial charge in [0.15, 0.2) is 0 Å². The fourth-order valence-electron chi connectivity index (χ4n) is 1.73. The zero-order valence-electron chi connectivity index (χ0n) is 9.38. The first-order valence-corrected chi connectivity index (χ1v) is 5.68. The van der Waals surface area contributed by atoms with E-state index in [4.69, 9.17) is 0 Å². The van der Waals surface area contributed by atoms with Crippen molar-refractivity contribution in [3.05, 3.63) is 0 Å². The van der Waals surface area contributed by atoms with Crippen LogP contribution in [0.3, 0.4) is 0 Å². The van der Waals surface area contributed by atoms with E-state index in [1.54, 1.807) is 0 Å². The summed E-state index contributed by atoms with van der Waals surface area (Å²) < 4.78 is 0. The van der Waals surface area contributed by atoms with E-state index in [1.807, 2.05) is 0 Å². The van der Waals surface area contributed by atoms with Crippen LogP contribution in [0.15, 0.2) is 0 Å². The number of rotatable bonds is 8. The molecule has 0 aliphatic heterocycles. The average molecular weight is 184 g/mol. The maximum atomic E-state index is 10.2. The van der Waals surface area contributed by atoms with Crippen molar-refractivity contribution in [2.45, 2.75) is 59.3 Å². The summed E-state index contributed by atoms with van der Waals surface area (Å²) in [7, 11) is 0. The van der Waals surface area contributed by atoms with Crippen molar-refractivity contribution >= 4 is 6.29 Å². The van der Waals surface area contributed by atoms with Crippen LogP contribution < -0.4 is 0 Å². The summed E-state index contributed by atoms with van der Waals surface area (Å²) in [5.41, 5.74) is 0. The van der Waals surface area contributed by atoms with Crippen LogP contribution in [0.25, 0.3) is 0 Å². The largest absolute Gasteiger partial charge is 0.303 e. The van der Waals surface area contributed by atoms with Gasteiger partial charge in [-0.2, -0.15) is 0 Å². The monoisotopic (exact) mass is 184 g/mol. The minimum absolute atomic E-state index is 0.590. The molecular formula is C12H24O. The van der Waals surface area contributed by atoms with Gasteiger partial charge in [-0.3, -0.25) is 0 Å². The summed E-state index contributed by atoms with van der Waals surface area (Å²) in [6.07, 6.45) is 8.24. The number of hydrogen-bond donors (Lipinski definition) is 0. The minimum atomic E-state index is 0.590. The Hall–Kier alpha value is -0.330. The van der Waals surface area contributed by atoms with Gasteiger partial charge in [-0.1, -0.05) is 52.9 Å². The first-order chi connectivity index (χ1) is 6.24. The summed E-state index contributed by atoms with van der Waals surface area (Å²) >= 11 is 0. The molecule has 1 nitrogen and oxygen atoms in total. The minimum Gasteiger partial charge on any atom is -0.303 e. The van der Waals surface area contributed by atoms with Gasteiger partial charge >= 0.3 is 0 Å². The maximum Gasteiger partial charge on any atom is 0.120 e.